The summed E-state index contributed by atoms with van der Waals surface area (Å²) in [6.45, 7) is 5.73. The summed E-state index contributed by atoms with van der Waals surface area (Å²) < 4.78 is 0. The first-order valence-corrected chi connectivity index (χ1v) is 8.78. The van der Waals surface area contributed by atoms with Gasteiger partial charge in [0, 0.05) is 23.3 Å². The van der Waals surface area contributed by atoms with Crippen LogP contribution in [0.2, 0.25) is 0 Å². The van der Waals surface area contributed by atoms with E-state index in [4.69, 9.17) is 5.73 Å². The predicted molar refractivity (Wildman–Crippen MR) is 101 cm³/mol. The Hall–Kier alpha value is -2.46. The van der Waals surface area contributed by atoms with Gasteiger partial charge in [-0.05, 0) is 61.4 Å². The van der Waals surface area contributed by atoms with Gasteiger partial charge in [0.1, 0.15) is 0 Å². The lowest BCUT2D eigenvalue weighted by Gasteiger charge is -2.31. The average molecular weight is 338 g/mol. The van der Waals surface area contributed by atoms with Crippen LogP contribution >= 0.6 is 0 Å². The third kappa shape index (κ3) is 3.49. The molecule has 0 heterocycles. The molecule has 0 fully saturated rings. The van der Waals surface area contributed by atoms with E-state index >= 15 is 0 Å². The smallest absolute Gasteiger partial charge is 0.162 e. The Labute approximate surface area is 149 Å². The van der Waals surface area contributed by atoms with Gasteiger partial charge >= 0.3 is 0 Å². The molecule has 1 aromatic rings. The van der Waals surface area contributed by atoms with Crippen molar-refractivity contribution in [3.8, 4) is 11.5 Å². The molecule has 4 nitrogen and oxygen atoms in total. The van der Waals surface area contributed by atoms with Crippen LogP contribution in [0, 0.1) is 0 Å². The number of phenolic OH excluding ortho intramolecular Hbond substituents is 2. The summed E-state index contributed by atoms with van der Waals surface area (Å²) in [5, 5.41) is 23.9. The number of allylic oxidation sites excluding steroid dienone is 4. The van der Waals surface area contributed by atoms with Gasteiger partial charge in [0.2, 0.25) is 0 Å². The van der Waals surface area contributed by atoms with Crippen molar-refractivity contribution in [3.05, 3.63) is 71.0 Å². The highest BCUT2D eigenvalue weighted by Gasteiger charge is 2.26. The Morgan fingerprint density at radius 2 is 2.20 bits per heavy atom. The van der Waals surface area contributed by atoms with E-state index in [1.807, 2.05) is 13.0 Å². The van der Waals surface area contributed by atoms with Crippen LogP contribution in [-0.2, 0) is 6.42 Å². The summed E-state index contributed by atoms with van der Waals surface area (Å²) in [6.07, 6.45) is 11.7. The Balaban J connectivity index is 1.86. The van der Waals surface area contributed by atoms with E-state index in [0.29, 0.717) is 12.0 Å². The van der Waals surface area contributed by atoms with Crippen molar-refractivity contribution in [2.75, 3.05) is 0 Å². The Bertz CT molecular complexity index is 774. The first kappa shape index (κ1) is 17.4. The molecule has 0 bridgehead atoms. The highest BCUT2D eigenvalue weighted by molar-refractivity contribution is 5.50. The molecule has 5 N–H and O–H groups in total. The van der Waals surface area contributed by atoms with Gasteiger partial charge in [-0.15, -0.1) is 6.58 Å². The van der Waals surface area contributed by atoms with E-state index in [1.165, 1.54) is 11.1 Å². The molecular formula is C21H26N2O2. The average Bonchev–Trinajstić information content (AvgIpc) is 2.58. The van der Waals surface area contributed by atoms with E-state index in [1.54, 1.807) is 12.1 Å². The SMILES string of the molecule is C=CCc1cc(O)c(O)c(C(C)NC2CC=CC3=C2C(N)=CCC3)c1. The van der Waals surface area contributed by atoms with Crippen LogP contribution in [0.4, 0.5) is 0 Å². The minimum absolute atomic E-state index is 0.0690. The highest BCUT2D eigenvalue weighted by Crippen LogP contribution is 2.37. The first-order valence-electron chi connectivity index (χ1n) is 8.78. The second kappa shape index (κ2) is 7.19. The lowest BCUT2D eigenvalue weighted by molar-refractivity contribution is 0.388. The molecule has 25 heavy (non-hydrogen) atoms. The maximum Gasteiger partial charge on any atom is 0.162 e. The Morgan fingerprint density at radius 3 is 2.96 bits per heavy atom. The van der Waals surface area contributed by atoms with Crippen molar-refractivity contribution in [3.63, 3.8) is 0 Å². The topological polar surface area (TPSA) is 78.5 Å². The summed E-state index contributed by atoms with van der Waals surface area (Å²) >= 11 is 0. The minimum atomic E-state index is -0.129. The van der Waals surface area contributed by atoms with Gasteiger partial charge in [-0.2, -0.15) is 0 Å². The molecule has 1 aromatic carbocycles. The van der Waals surface area contributed by atoms with Crippen molar-refractivity contribution < 1.29 is 10.2 Å². The molecule has 2 atom stereocenters. The van der Waals surface area contributed by atoms with E-state index in [2.05, 4.69) is 30.1 Å². The molecule has 0 saturated carbocycles. The maximum atomic E-state index is 10.3. The number of nitrogens with two attached hydrogens (primary N) is 1. The molecule has 2 aliphatic carbocycles. The fraction of sp³-hybridized carbons (Fsp3) is 0.333. The number of benzene rings is 1. The van der Waals surface area contributed by atoms with Crippen LogP contribution < -0.4 is 11.1 Å². The van der Waals surface area contributed by atoms with Crippen LogP contribution in [0.15, 0.2) is 59.9 Å². The number of phenols is 2. The summed E-state index contributed by atoms with van der Waals surface area (Å²) in [5.74, 6) is -0.163. The van der Waals surface area contributed by atoms with Crippen molar-refractivity contribution in [1.29, 1.82) is 0 Å². The van der Waals surface area contributed by atoms with Crippen LogP contribution in [0.5, 0.6) is 11.5 Å². The van der Waals surface area contributed by atoms with Crippen molar-refractivity contribution >= 4 is 0 Å². The quantitative estimate of drug-likeness (QED) is 0.487. The van der Waals surface area contributed by atoms with Gasteiger partial charge in [-0.25, -0.2) is 0 Å². The second-order valence-electron chi connectivity index (χ2n) is 6.76. The number of hydrogen-bond donors (Lipinski definition) is 4. The lowest BCUT2D eigenvalue weighted by atomic mass is 9.84. The number of nitrogens with one attached hydrogen (secondary N) is 1. The summed E-state index contributed by atoms with van der Waals surface area (Å²) in [6, 6.07) is 3.48. The Morgan fingerprint density at radius 1 is 1.40 bits per heavy atom. The molecule has 4 heteroatoms. The van der Waals surface area contributed by atoms with Gasteiger partial charge in [-0.3, -0.25) is 0 Å². The van der Waals surface area contributed by atoms with Gasteiger partial charge < -0.3 is 21.3 Å². The van der Waals surface area contributed by atoms with Gasteiger partial charge in [0.25, 0.3) is 0 Å². The zero-order valence-electron chi connectivity index (χ0n) is 14.6. The molecule has 0 aromatic heterocycles. The van der Waals surface area contributed by atoms with E-state index in [0.717, 1.165) is 30.5 Å². The van der Waals surface area contributed by atoms with Gasteiger partial charge in [-0.1, -0.05) is 24.3 Å². The number of hydrogen-bond acceptors (Lipinski definition) is 4. The van der Waals surface area contributed by atoms with Crippen molar-refractivity contribution in [1.82, 2.24) is 5.32 Å². The molecule has 0 amide bonds. The zero-order chi connectivity index (χ0) is 18.0. The monoisotopic (exact) mass is 338 g/mol. The molecule has 0 radical (unpaired) electrons. The van der Waals surface area contributed by atoms with Gasteiger partial charge in [0.15, 0.2) is 11.5 Å². The molecule has 2 aliphatic rings. The van der Waals surface area contributed by atoms with Crippen LogP contribution in [0.3, 0.4) is 0 Å². The Kier molecular flexibility index (Phi) is 5.00. The standard InChI is InChI=1S/C21H26N2O2/c1-3-6-14-11-16(21(25)19(24)12-14)13(2)23-18-10-5-8-15-7-4-9-17(22)20(15)18/h3,5,8-9,11-13,18,23-25H,1,4,6-7,10,22H2,2H3. The minimum Gasteiger partial charge on any atom is -0.504 e. The fourth-order valence-electron chi connectivity index (χ4n) is 3.73. The predicted octanol–water partition coefficient (Wildman–Crippen LogP) is 3.74. The van der Waals surface area contributed by atoms with Crippen molar-refractivity contribution in [2.24, 2.45) is 5.73 Å². The lowest BCUT2D eigenvalue weighted by Crippen LogP contribution is -2.37. The van der Waals surface area contributed by atoms with Crippen LogP contribution in [0.1, 0.15) is 43.4 Å². The normalized spacial score (nSPS) is 20.8. The van der Waals surface area contributed by atoms with Crippen LogP contribution in [0.25, 0.3) is 0 Å². The first-order chi connectivity index (χ1) is 12.0. The molecule has 2 unspecified atom stereocenters. The number of rotatable bonds is 5. The van der Waals surface area contributed by atoms with Crippen molar-refractivity contribution in [2.45, 2.75) is 44.7 Å². The van der Waals surface area contributed by atoms with E-state index < -0.39 is 0 Å². The highest BCUT2D eigenvalue weighted by atomic mass is 16.3. The summed E-state index contributed by atoms with van der Waals surface area (Å²) in [5.41, 5.74) is 11.2. The zero-order valence-corrected chi connectivity index (χ0v) is 14.6. The fourth-order valence-corrected chi connectivity index (χ4v) is 3.73. The largest absolute Gasteiger partial charge is 0.504 e. The summed E-state index contributed by atoms with van der Waals surface area (Å²) in [4.78, 5) is 0. The molecule has 0 aliphatic heterocycles. The second-order valence-corrected chi connectivity index (χ2v) is 6.76. The van der Waals surface area contributed by atoms with E-state index in [-0.39, 0.29) is 23.6 Å². The molecular weight excluding hydrogens is 312 g/mol. The molecule has 0 saturated heterocycles. The molecule has 0 spiro atoms. The van der Waals surface area contributed by atoms with E-state index in [9.17, 15) is 10.2 Å². The molecule has 132 valence electrons. The summed E-state index contributed by atoms with van der Waals surface area (Å²) in [7, 11) is 0. The third-order valence-corrected chi connectivity index (χ3v) is 4.95. The number of aromatic hydroxyl groups is 2. The van der Waals surface area contributed by atoms with Gasteiger partial charge in [0.05, 0.1) is 0 Å². The molecule has 3 rings (SSSR count). The third-order valence-electron chi connectivity index (χ3n) is 4.95. The maximum absolute atomic E-state index is 10.3. The van der Waals surface area contributed by atoms with Crippen LogP contribution in [-0.4, -0.2) is 16.3 Å².